The zero-order valence-electron chi connectivity index (χ0n) is 10.9. The number of rotatable bonds is 6. The second kappa shape index (κ2) is 6.65. The fraction of sp³-hybridized carbons (Fsp3) is 0.308. The number of nitrogens with zero attached hydrogens (tertiary/aromatic N) is 3. The van der Waals surface area contributed by atoms with Gasteiger partial charge in [-0.15, -0.1) is 0 Å². The Morgan fingerprint density at radius 2 is 2.11 bits per heavy atom. The van der Waals surface area contributed by atoms with Crippen molar-refractivity contribution in [2.75, 3.05) is 26.1 Å². The highest BCUT2D eigenvalue weighted by molar-refractivity contribution is 5.39. The number of pyridine rings is 1. The molecule has 0 aromatic carbocycles. The third-order valence-corrected chi connectivity index (χ3v) is 2.55. The van der Waals surface area contributed by atoms with Gasteiger partial charge in [0.05, 0.1) is 25.5 Å². The predicted molar refractivity (Wildman–Crippen MR) is 71.1 cm³/mol. The predicted octanol–water partition coefficient (Wildman–Crippen LogP) is 1.68. The molecule has 0 bridgehead atoms. The Hall–Kier alpha value is -2.21. The van der Waals surface area contributed by atoms with E-state index in [9.17, 15) is 0 Å². The molecule has 0 amide bonds. The van der Waals surface area contributed by atoms with Gasteiger partial charge in [-0.1, -0.05) is 6.07 Å². The summed E-state index contributed by atoms with van der Waals surface area (Å²) in [4.78, 5) is 12.4. The molecule has 0 aliphatic rings. The maximum Gasteiger partial charge on any atom is 0.218 e. The highest BCUT2D eigenvalue weighted by atomic mass is 16.5. The van der Waals surface area contributed by atoms with Crippen LogP contribution in [0, 0.1) is 0 Å². The molecule has 0 spiro atoms. The first kappa shape index (κ1) is 13.2. The molecule has 0 radical (unpaired) electrons. The average Bonchev–Trinajstić information content (AvgIpc) is 2.48. The van der Waals surface area contributed by atoms with Gasteiger partial charge in [-0.05, 0) is 12.1 Å². The molecule has 0 aliphatic heterocycles. The Morgan fingerprint density at radius 3 is 2.79 bits per heavy atom. The zero-order chi connectivity index (χ0) is 13.5. The van der Waals surface area contributed by atoms with Crippen LogP contribution in [0.1, 0.15) is 11.7 Å². The Balaban J connectivity index is 2.16. The van der Waals surface area contributed by atoms with E-state index >= 15 is 0 Å². The standard InChI is InChI=1S/C13H16N4O2/c1-18-8-11(10-5-3-4-6-14-10)17-12-7-13(19-2)16-9-15-12/h3-7,9,11H,8H2,1-2H3,(H,15,16,17)/t11-/m0/s1. The first-order valence-corrected chi connectivity index (χ1v) is 5.86. The Labute approximate surface area is 111 Å². The third kappa shape index (κ3) is 3.62. The van der Waals surface area contributed by atoms with E-state index in [1.54, 1.807) is 26.5 Å². The summed E-state index contributed by atoms with van der Waals surface area (Å²) in [6, 6.07) is 7.40. The van der Waals surface area contributed by atoms with Crippen molar-refractivity contribution in [2.24, 2.45) is 0 Å². The van der Waals surface area contributed by atoms with Crippen molar-refractivity contribution < 1.29 is 9.47 Å². The van der Waals surface area contributed by atoms with Gasteiger partial charge in [0.15, 0.2) is 0 Å². The van der Waals surface area contributed by atoms with Crippen molar-refractivity contribution in [3.8, 4) is 5.88 Å². The van der Waals surface area contributed by atoms with E-state index < -0.39 is 0 Å². The lowest BCUT2D eigenvalue weighted by Gasteiger charge is -2.17. The lowest BCUT2D eigenvalue weighted by molar-refractivity contribution is 0.185. The molecule has 0 fully saturated rings. The largest absolute Gasteiger partial charge is 0.481 e. The summed E-state index contributed by atoms with van der Waals surface area (Å²) >= 11 is 0. The number of anilines is 1. The van der Waals surface area contributed by atoms with E-state index in [-0.39, 0.29) is 6.04 Å². The first-order chi connectivity index (χ1) is 9.33. The molecule has 100 valence electrons. The van der Waals surface area contributed by atoms with Crippen molar-refractivity contribution in [3.63, 3.8) is 0 Å². The number of nitrogens with one attached hydrogen (secondary N) is 1. The fourth-order valence-corrected chi connectivity index (χ4v) is 1.66. The molecule has 1 atom stereocenters. The van der Waals surface area contributed by atoms with Gasteiger partial charge in [0.2, 0.25) is 5.88 Å². The first-order valence-electron chi connectivity index (χ1n) is 5.86. The molecule has 0 aliphatic carbocycles. The number of methoxy groups -OCH3 is 2. The van der Waals surface area contributed by atoms with Crippen LogP contribution in [0.5, 0.6) is 5.88 Å². The van der Waals surface area contributed by atoms with Crippen LogP contribution in [0.25, 0.3) is 0 Å². The second-order valence-electron chi connectivity index (χ2n) is 3.85. The Morgan fingerprint density at radius 1 is 1.21 bits per heavy atom. The molecule has 6 nitrogen and oxygen atoms in total. The van der Waals surface area contributed by atoms with Crippen LogP contribution in [-0.4, -0.2) is 35.8 Å². The zero-order valence-corrected chi connectivity index (χ0v) is 10.9. The van der Waals surface area contributed by atoms with Gasteiger partial charge in [-0.2, -0.15) is 0 Å². The number of aromatic nitrogens is 3. The van der Waals surface area contributed by atoms with Crippen molar-refractivity contribution in [2.45, 2.75) is 6.04 Å². The van der Waals surface area contributed by atoms with E-state index in [2.05, 4.69) is 20.3 Å². The van der Waals surface area contributed by atoms with Gasteiger partial charge >= 0.3 is 0 Å². The van der Waals surface area contributed by atoms with E-state index in [4.69, 9.17) is 9.47 Å². The van der Waals surface area contributed by atoms with Crippen molar-refractivity contribution in [1.82, 2.24) is 15.0 Å². The molecule has 2 aromatic heterocycles. The third-order valence-electron chi connectivity index (χ3n) is 2.55. The summed E-state index contributed by atoms with van der Waals surface area (Å²) in [6.07, 6.45) is 3.20. The van der Waals surface area contributed by atoms with Gasteiger partial charge in [0, 0.05) is 19.4 Å². The average molecular weight is 260 g/mol. The SMILES string of the molecule is COC[C@H](Nc1cc(OC)ncn1)c1ccccn1. The minimum absolute atomic E-state index is 0.0780. The number of hydrogen-bond donors (Lipinski definition) is 1. The van der Waals surface area contributed by atoms with E-state index in [1.165, 1.54) is 6.33 Å². The molecular weight excluding hydrogens is 244 g/mol. The summed E-state index contributed by atoms with van der Waals surface area (Å²) < 4.78 is 10.3. The summed E-state index contributed by atoms with van der Waals surface area (Å²) in [6.45, 7) is 0.489. The van der Waals surface area contributed by atoms with Crippen molar-refractivity contribution >= 4 is 5.82 Å². The lowest BCUT2D eigenvalue weighted by Crippen LogP contribution is -2.18. The molecule has 0 unspecified atom stereocenters. The van der Waals surface area contributed by atoms with Crippen LogP contribution in [0.2, 0.25) is 0 Å². The van der Waals surface area contributed by atoms with Crippen LogP contribution < -0.4 is 10.1 Å². The maximum absolute atomic E-state index is 5.21. The minimum Gasteiger partial charge on any atom is -0.481 e. The van der Waals surface area contributed by atoms with Gasteiger partial charge in [0.25, 0.3) is 0 Å². The smallest absolute Gasteiger partial charge is 0.218 e. The summed E-state index contributed by atoms with van der Waals surface area (Å²) in [7, 11) is 3.22. The van der Waals surface area contributed by atoms with Crippen molar-refractivity contribution in [1.29, 1.82) is 0 Å². The van der Waals surface area contributed by atoms with Crippen LogP contribution in [-0.2, 0) is 4.74 Å². The lowest BCUT2D eigenvalue weighted by atomic mass is 10.2. The molecular formula is C13H16N4O2. The molecule has 19 heavy (non-hydrogen) atoms. The minimum atomic E-state index is -0.0780. The van der Waals surface area contributed by atoms with Crippen LogP contribution in [0.4, 0.5) is 5.82 Å². The second-order valence-corrected chi connectivity index (χ2v) is 3.85. The van der Waals surface area contributed by atoms with Crippen LogP contribution in [0.15, 0.2) is 36.8 Å². The maximum atomic E-state index is 5.21. The summed E-state index contributed by atoms with van der Waals surface area (Å²) in [5.41, 5.74) is 0.891. The molecule has 1 N–H and O–H groups in total. The highest BCUT2D eigenvalue weighted by Crippen LogP contribution is 2.18. The quantitative estimate of drug-likeness (QED) is 0.852. The van der Waals surface area contributed by atoms with E-state index in [0.29, 0.717) is 18.3 Å². The Kier molecular flexibility index (Phi) is 4.63. The van der Waals surface area contributed by atoms with E-state index in [1.807, 2.05) is 18.2 Å². The van der Waals surface area contributed by atoms with Gasteiger partial charge in [0.1, 0.15) is 12.1 Å². The topological polar surface area (TPSA) is 69.2 Å². The summed E-state index contributed by atoms with van der Waals surface area (Å²) in [5, 5.41) is 3.25. The molecule has 6 heteroatoms. The Bertz CT molecular complexity index is 507. The number of hydrogen-bond acceptors (Lipinski definition) is 6. The van der Waals surface area contributed by atoms with Crippen molar-refractivity contribution in [3.05, 3.63) is 42.5 Å². The molecule has 2 heterocycles. The van der Waals surface area contributed by atoms with Crippen LogP contribution in [0.3, 0.4) is 0 Å². The van der Waals surface area contributed by atoms with Gasteiger partial charge < -0.3 is 14.8 Å². The van der Waals surface area contributed by atoms with Gasteiger partial charge in [-0.25, -0.2) is 9.97 Å². The number of ether oxygens (including phenoxy) is 2. The van der Waals surface area contributed by atoms with Gasteiger partial charge in [-0.3, -0.25) is 4.98 Å². The highest BCUT2D eigenvalue weighted by Gasteiger charge is 2.13. The van der Waals surface area contributed by atoms with Crippen LogP contribution >= 0.6 is 0 Å². The summed E-state index contributed by atoms with van der Waals surface area (Å²) in [5.74, 6) is 1.18. The molecule has 0 saturated heterocycles. The molecule has 2 aromatic rings. The fourth-order valence-electron chi connectivity index (χ4n) is 1.66. The van der Waals surface area contributed by atoms with E-state index in [0.717, 1.165) is 5.69 Å². The normalized spacial score (nSPS) is 11.9. The monoisotopic (exact) mass is 260 g/mol. The molecule has 2 rings (SSSR count). The molecule has 0 saturated carbocycles.